The highest BCUT2D eigenvalue weighted by Crippen LogP contribution is 2.48. The van der Waals surface area contributed by atoms with E-state index in [-0.39, 0.29) is 17.4 Å². The number of aromatic nitrogens is 3. The van der Waals surface area contributed by atoms with Crippen molar-refractivity contribution < 1.29 is 13.9 Å². The van der Waals surface area contributed by atoms with E-state index in [1.54, 1.807) is 7.11 Å². The summed E-state index contributed by atoms with van der Waals surface area (Å²) in [6.07, 6.45) is 4.91. The molecule has 2 aromatic rings. The highest BCUT2D eigenvalue weighted by molar-refractivity contribution is 5.92. The van der Waals surface area contributed by atoms with E-state index in [9.17, 15) is 4.79 Å². The predicted octanol–water partition coefficient (Wildman–Crippen LogP) is 1.85. The van der Waals surface area contributed by atoms with Gasteiger partial charge in [-0.3, -0.25) is 9.69 Å². The Bertz CT molecular complexity index is 806. The first kappa shape index (κ1) is 18.2. The lowest BCUT2D eigenvalue weighted by atomic mass is 9.76. The first-order valence-electron chi connectivity index (χ1n) is 9.43. The van der Waals surface area contributed by atoms with Crippen LogP contribution in [0.25, 0.3) is 0 Å². The van der Waals surface area contributed by atoms with Gasteiger partial charge in [0, 0.05) is 40.0 Å². The SMILES string of the molecule is COCc1nnc(C2CC3(CCN(C(=O)c4cccn4C)CC3)CN2C)o1. The molecule has 146 valence electrons. The summed E-state index contributed by atoms with van der Waals surface area (Å²) >= 11 is 0. The minimum atomic E-state index is 0.126. The van der Waals surface area contributed by atoms with Crippen LogP contribution in [0.1, 0.15) is 47.6 Å². The molecule has 1 atom stereocenters. The number of hydrogen-bond donors (Lipinski definition) is 0. The molecule has 4 heterocycles. The number of likely N-dealkylation sites (tertiary alicyclic amines) is 2. The van der Waals surface area contributed by atoms with Crippen LogP contribution in [-0.2, 0) is 18.4 Å². The monoisotopic (exact) mass is 373 g/mol. The van der Waals surface area contributed by atoms with Gasteiger partial charge >= 0.3 is 0 Å². The van der Waals surface area contributed by atoms with Gasteiger partial charge in [0.2, 0.25) is 11.8 Å². The van der Waals surface area contributed by atoms with Gasteiger partial charge < -0.3 is 18.6 Å². The van der Waals surface area contributed by atoms with Crippen LogP contribution in [0.4, 0.5) is 0 Å². The average molecular weight is 373 g/mol. The van der Waals surface area contributed by atoms with Crippen molar-refractivity contribution in [1.82, 2.24) is 24.6 Å². The first-order chi connectivity index (χ1) is 13.0. The summed E-state index contributed by atoms with van der Waals surface area (Å²) in [6, 6.07) is 3.94. The molecule has 0 saturated carbocycles. The first-order valence-corrected chi connectivity index (χ1v) is 9.43. The molecule has 8 heteroatoms. The number of amides is 1. The van der Waals surface area contributed by atoms with E-state index in [0.717, 1.165) is 44.6 Å². The third-order valence-electron chi connectivity index (χ3n) is 6.05. The van der Waals surface area contributed by atoms with Crippen molar-refractivity contribution in [2.75, 3.05) is 33.8 Å². The molecule has 2 aliphatic heterocycles. The normalized spacial score (nSPS) is 22.6. The third kappa shape index (κ3) is 3.39. The van der Waals surface area contributed by atoms with Gasteiger partial charge in [-0.2, -0.15) is 0 Å². The third-order valence-corrected chi connectivity index (χ3v) is 6.05. The molecule has 0 bridgehead atoms. The number of carbonyl (C=O) groups is 1. The van der Waals surface area contributed by atoms with E-state index in [1.807, 2.05) is 34.8 Å². The number of nitrogens with zero attached hydrogens (tertiary/aromatic N) is 5. The molecule has 4 rings (SSSR count). The average Bonchev–Trinajstić information content (AvgIpc) is 3.35. The summed E-state index contributed by atoms with van der Waals surface area (Å²) in [5.41, 5.74) is 0.962. The van der Waals surface area contributed by atoms with Gasteiger partial charge in [-0.25, -0.2) is 0 Å². The number of aryl methyl sites for hydroxylation is 1. The molecule has 2 aliphatic rings. The van der Waals surface area contributed by atoms with E-state index in [1.165, 1.54) is 0 Å². The maximum atomic E-state index is 12.7. The second-order valence-electron chi connectivity index (χ2n) is 7.90. The minimum Gasteiger partial charge on any atom is -0.421 e. The molecule has 2 saturated heterocycles. The summed E-state index contributed by atoms with van der Waals surface area (Å²) in [5, 5.41) is 8.29. The number of carbonyl (C=O) groups excluding carboxylic acids is 1. The van der Waals surface area contributed by atoms with E-state index < -0.39 is 0 Å². The second kappa shape index (κ2) is 7.09. The zero-order valence-electron chi connectivity index (χ0n) is 16.2. The van der Waals surface area contributed by atoms with Gasteiger partial charge in [0.1, 0.15) is 12.3 Å². The number of methoxy groups -OCH3 is 1. The molecule has 0 aliphatic carbocycles. The lowest BCUT2D eigenvalue weighted by molar-refractivity contribution is 0.0584. The molecule has 1 amide bonds. The lowest BCUT2D eigenvalue weighted by Gasteiger charge is -2.39. The summed E-state index contributed by atoms with van der Waals surface area (Å²) in [4.78, 5) is 17.0. The molecular formula is C19H27N5O3. The Hall–Kier alpha value is -2.19. The van der Waals surface area contributed by atoms with Gasteiger partial charge in [-0.1, -0.05) is 0 Å². The van der Waals surface area contributed by atoms with Crippen molar-refractivity contribution in [3.63, 3.8) is 0 Å². The number of hydrogen-bond acceptors (Lipinski definition) is 6. The van der Waals surface area contributed by atoms with Crippen LogP contribution in [0.2, 0.25) is 0 Å². The fraction of sp³-hybridized carbons (Fsp3) is 0.632. The molecule has 0 aromatic carbocycles. The fourth-order valence-corrected chi connectivity index (χ4v) is 4.52. The topological polar surface area (TPSA) is 76.6 Å². The van der Waals surface area contributed by atoms with Gasteiger partial charge in [0.05, 0.1) is 6.04 Å². The predicted molar refractivity (Wildman–Crippen MR) is 98.0 cm³/mol. The summed E-state index contributed by atoms with van der Waals surface area (Å²) in [7, 11) is 5.64. The highest BCUT2D eigenvalue weighted by atomic mass is 16.5. The molecule has 0 radical (unpaired) electrons. The van der Waals surface area contributed by atoms with Crippen molar-refractivity contribution in [1.29, 1.82) is 0 Å². The van der Waals surface area contributed by atoms with Crippen LogP contribution in [0.5, 0.6) is 0 Å². The van der Waals surface area contributed by atoms with Crippen LogP contribution in [0.3, 0.4) is 0 Å². The van der Waals surface area contributed by atoms with E-state index in [2.05, 4.69) is 22.1 Å². The number of rotatable bonds is 4. The smallest absolute Gasteiger partial charge is 0.270 e. The molecule has 2 aromatic heterocycles. The van der Waals surface area contributed by atoms with Crippen LogP contribution in [-0.4, -0.2) is 64.3 Å². The van der Waals surface area contributed by atoms with Crippen LogP contribution < -0.4 is 0 Å². The number of piperidine rings is 1. The zero-order valence-corrected chi connectivity index (χ0v) is 16.2. The van der Waals surface area contributed by atoms with Crippen LogP contribution >= 0.6 is 0 Å². The molecule has 8 nitrogen and oxygen atoms in total. The van der Waals surface area contributed by atoms with Crippen molar-refractivity contribution in [3.05, 3.63) is 35.8 Å². The Balaban J connectivity index is 1.41. The molecule has 1 unspecified atom stereocenters. The Morgan fingerprint density at radius 1 is 1.33 bits per heavy atom. The maximum Gasteiger partial charge on any atom is 0.270 e. The van der Waals surface area contributed by atoms with Gasteiger partial charge in [-0.05, 0) is 43.9 Å². The van der Waals surface area contributed by atoms with Crippen molar-refractivity contribution in [3.8, 4) is 0 Å². The van der Waals surface area contributed by atoms with Crippen LogP contribution in [0.15, 0.2) is 22.7 Å². The summed E-state index contributed by atoms with van der Waals surface area (Å²) < 4.78 is 12.7. The maximum absolute atomic E-state index is 12.7. The Morgan fingerprint density at radius 3 is 2.78 bits per heavy atom. The molecule has 27 heavy (non-hydrogen) atoms. The summed E-state index contributed by atoms with van der Waals surface area (Å²) in [5.74, 6) is 1.31. The van der Waals surface area contributed by atoms with E-state index >= 15 is 0 Å². The lowest BCUT2D eigenvalue weighted by Crippen LogP contribution is -2.44. The molecular weight excluding hydrogens is 346 g/mol. The van der Waals surface area contributed by atoms with Crippen molar-refractivity contribution in [2.24, 2.45) is 12.5 Å². The minimum absolute atomic E-state index is 0.126. The standard InChI is InChI=1S/C19H27N5O3/c1-22-8-4-5-14(22)18(25)24-9-6-19(7-10-24)11-15(23(2)13-19)17-21-20-16(27-17)12-26-3/h4-5,8,15H,6-7,9-13H2,1-3H3. The molecule has 2 fully saturated rings. The summed E-state index contributed by atoms with van der Waals surface area (Å²) in [6.45, 7) is 2.92. The van der Waals surface area contributed by atoms with Crippen molar-refractivity contribution in [2.45, 2.75) is 31.9 Å². The van der Waals surface area contributed by atoms with E-state index in [4.69, 9.17) is 9.15 Å². The van der Waals surface area contributed by atoms with Gasteiger partial charge in [-0.15, -0.1) is 10.2 Å². The fourth-order valence-electron chi connectivity index (χ4n) is 4.52. The molecule has 0 N–H and O–H groups in total. The van der Waals surface area contributed by atoms with Gasteiger partial charge in [0.25, 0.3) is 5.91 Å². The van der Waals surface area contributed by atoms with E-state index in [0.29, 0.717) is 18.4 Å². The quantitative estimate of drug-likeness (QED) is 0.814. The van der Waals surface area contributed by atoms with Crippen molar-refractivity contribution >= 4 is 5.91 Å². The largest absolute Gasteiger partial charge is 0.421 e. The van der Waals surface area contributed by atoms with Crippen LogP contribution in [0, 0.1) is 5.41 Å². The molecule has 1 spiro atoms. The Morgan fingerprint density at radius 2 is 2.11 bits per heavy atom. The number of ether oxygens (including phenoxy) is 1. The Kier molecular flexibility index (Phi) is 4.77. The zero-order chi connectivity index (χ0) is 19.0. The second-order valence-corrected chi connectivity index (χ2v) is 7.90. The Labute approximate surface area is 159 Å². The van der Waals surface area contributed by atoms with Gasteiger partial charge in [0.15, 0.2) is 0 Å². The highest BCUT2D eigenvalue weighted by Gasteiger charge is 2.47.